The van der Waals surface area contributed by atoms with E-state index in [1.807, 2.05) is 17.5 Å². The molecule has 3 rings (SSSR count). The zero-order valence-corrected chi connectivity index (χ0v) is 10.4. The zero-order chi connectivity index (χ0) is 11.8. The molecule has 0 fully saturated rings. The van der Waals surface area contributed by atoms with E-state index in [9.17, 15) is 4.39 Å². The van der Waals surface area contributed by atoms with E-state index >= 15 is 0 Å². The third kappa shape index (κ3) is 1.90. The summed E-state index contributed by atoms with van der Waals surface area (Å²) in [4.78, 5) is 3.17. The highest BCUT2D eigenvalue weighted by Crippen LogP contribution is 2.26. The molecule has 0 bridgehead atoms. The standard InChI is InChI=1S/C13H8FNS2/c14-9-3-1-8(2-4-9)11-7-12-10(5-6-17-12)13(16)15-11/h1-7H,(H,15,16). The van der Waals surface area contributed by atoms with Gasteiger partial charge in [0.1, 0.15) is 10.5 Å². The Morgan fingerprint density at radius 2 is 1.88 bits per heavy atom. The zero-order valence-electron chi connectivity index (χ0n) is 8.74. The monoisotopic (exact) mass is 261 g/mol. The molecule has 84 valence electrons. The second kappa shape index (κ2) is 4.05. The molecule has 1 aromatic carbocycles. The quantitative estimate of drug-likeness (QED) is 0.624. The van der Waals surface area contributed by atoms with Crippen molar-refractivity contribution in [1.82, 2.24) is 4.98 Å². The molecule has 17 heavy (non-hydrogen) atoms. The molecule has 2 heterocycles. The van der Waals surface area contributed by atoms with E-state index in [2.05, 4.69) is 4.98 Å². The fourth-order valence-corrected chi connectivity index (χ4v) is 2.95. The number of thiophene rings is 1. The Morgan fingerprint density at radius 3 is 2.65 bits per heavy atom. The van der Waals surface area contributed by atoms with Crippen LogP contribution in [0.25, 0.3) is 21.3 Å². The van der Waals surface area contributed by atoms with Crippen molar-refractivity contribution < 1.29 is 4.39 Å². The molecule has 0 amide bonds. The normalized spacial score (nSPS) is 10.9. The van der Waals surface area contributed by atoms with Crippen LogP contribution >= 0.6 is 23.6 Å². The molecule has 0 saturated carbocycles. The largest absolute Gasteiger partial charge is 0.346 e. The lowest BCUT2D eigenvalue weighted by molar-refractivity contribution is 0.628. The highest BCUT2D eigenvalue weighted by atomic mass is 32.1. The van der Waals surface area contributed by atoms with E-state index in [1.165, 1.54) is 12.1 Å². The number of halogens is 1. The Bertz CT molecular complexity index is 725. The summed E-state index contributed by atoms with van der Waals surface area (Å²) in [7, 11) is 0. The van der Waals surface area contributed by atoms with Crippen molar-refractivity contribution in [3.05, 3.63) is 52.2 Å². The van der Waals surface area contributed by atoms with Gasteiger partial charge in [-0.15, -0.1) is 11.3 Å². The van der Waals surface area contributed by atoms with Crippen LogP contribution in [0.15, 0.2) is 41.8 Å². The third-order valence-corrected chi connectivity index (χ3v) is 3.80. The number of hydrogen-bond acceptors (Lipinski definition) is 2. The van der Waals surface area contributed by atoms with Crippen LogP contribution in [0.3, 0.4) is 0 Å². The first-order chi connectivity index (χ1) is 8.24. The first-order valence-corrected chi connectivity index (χ1v) is 6.39. The number of aromatic amines is 1. The van der Waals surface area contributed by atoms with E-state index in [4.69, 9.17) is 12.2 Å². The maximum atomic E-state index is 12.9. The minimum absolute atomic E-state index is 0.232. The summed E-state index contributed by atoms with van der Waals surface area (Å²) in [5.41, 5.74) is 1.86. The number of H-pyrrole nitrogens is 1. The van der Waals surface area contributed by atoms with Gasteiger partial charge in [0.25, 0.3) is 0 Å². The number of benzene rings is 1. The Balaban J connectivity index is 2.23. The second-order valence-electron chi connectivity index (χ2n) is 3.72. The molecule has 0 unspecified atom stereocenters. The topological polar surface area (TPSA) is 15.8 Å². The van der Waals surface area contributed by atoms with Gasteiger partial charge in [0, 0.05) is 15.8 Å². The highest BCUT2D eigenvalue weighted by Gasteiger charge is 2.03. The van der Waals surface area contributed by atoms with Gasteiger partial charge in [-0.3, -0.25) is 0 Å². The number of nitrogens with one attached hydrogen (secondary N) is 1. The number of pyridine rings is 1. The number of rotatable bonds is 1. The van der Waals surface area contributed by atoms with Gasteiger partial charge in [-0.2, -0.15) is 0 Å². The Hall–Kier alpha value is -1.52. The molecule has 0 atom stereocenters. The predicted molar refractivity (Wildman–Crippen MR) is 72.4 cm³/mol. The molecular weight excluding hydrogens is 253 g/mol. The van der Waals surface area contributed by atoms with Crippen molar-refractivity contribution >= 4 is 33.6 Å². The van der Waals surface area contributed by atoms with Gasteiger partial charge in [0.05, 0.1) is 0 Å². The smallest absolute Gasteiger partial charge is 0.123 e. The molecule has 4 heteroatoms. The molecule has 0 saturated heterocycles. The van der Waals surface area contributed by atoms with Gasteiger partial charge < -0.3 is 4.98 Å². The van der Waals surface area contributed by atoms with E-state index in [0.29, 0.717) is 0 Å². The number of aromatic nitrogens is 1. The lowest BCUT2D eigenvalue weighted by Crippen LogP contribution is -1.84. The van der Waals surface area contributed by atoms with Crippen molar-refractivity contribution in [2.24, 2.45) is 0 Å². The summed E-state index contributed by atoms with van der Waals surface area (Å²) in [6.45, 7) is 0. The maximum Gasteiger partial charge on any atom is 0.123 e. The average Bonchev–Trinajstić information content (AvgIpc) is 2.78. The van der Waals surface area contributed by atoms with Gasteiger partial charge in [0.15, 0.2) is 0 Å². The fraction of sp³-hybridized carbons (Fsp3) is 0. The van der Waals surface area contributed by atoms with Gasteiger partial charge in [-0.1, -0.05) is 12.2 Å². The third-order valence-electron chi connectivity index (χ3n) is 2.62. The van der Waals surface area contributed by atoms with Gasteiger partial charge >= 0.3 is 0 Å². The molecule has 0 aliphatic heterocycles. The van der Waals surface area contributed by atoms with Crippen molar-refractivity contribution in [1.29, 1.82) is 0 Å². The summed E-state index contributed by atoms with van der Waals surface area (Å²) < 4.78 is 14.7. The molecule has 0 radical (unpaired) electrons. The van der Waals surface area contributed by atoms with Crippen LogP contribution in [0.4, 0.5) is 4.39 Å². The number of fused-ring (bicyclic) bond motifs is 1. The van der Waals surface area contributed by atoms with Crippen molar-refractivity contribution in [3.63, 3.8) is 0 Å². The lowest BCUT2D eigenvalue weighted by atomic mass is 10.1. The highest BCUT2D eigenvalue weighted by molar-refractivity contribution is 7.71. The first-order valence-electron chi connectivity index (χ1n) is 5.10. The summed E-state index contributed by atoms with van der Waals surface area (Å²) in [6, 6.07) is 10.4. The van der Waals surface area contributed by atoms with Crippen LogP contribution < -0.4 is 0 Å². The molecule has 0 spiro atoms. The minimum atomic E-state index is -0.232. The minimum Gasteiger partial charge on any atom is -0.346 e. The van der Waals surface area contributed by atoms with Crippen LogP contribution in [-0.2, 0) is 0 Å². The molecule has 0 aliphatic rings. The molecule has 3 aromatic rings. The molecular formula is C13H8FNS2. The van der Waals surface area contributed by atoms with Crippen LogP contribution in [0.5, 0.6) is 0 Å². The predicted octanol–water partition coefficient (Wildman–Crippen LogP) is 4.76. The van der Waals surface area contributed by atoms with E-state index < -0.39 is 0 Å². The van der Waals surface area contributed by atoms with E-state index in [1.54, 1.807) is 23.5 Å². The summed E-state index contributed by atoms with van der Waals surface area (Å²) >= 11 is 6.95. The van der Waals surface area contributed by atoms with Gasteiger partial charge in [0.2, 0.25) is 0 Å². The van der Waals surface area contributed by atoms with Crippen LogP contribution in [-0.4, -0.2) is 4.98 Å². The second-order valence-corrected chi connectivity index (χ2v) is 5.07. The maximum absolute atomic E-state index is 12.9. The Kier molecular flexibility index (Phi) is 2.53. The molecule has 0 aliphatic carbocycles. The summed E-state index contributed by atoms with van der Waals surface area (Å²) in [6.07, 6.45) is 0. The van der Waals surface area contributed by atoms with Crippen molar-refractivity contribution in [3.8, 4) is 11.3 Å². The van der Waals surface area contributed by atoms with Crippen molar-refractivity contribution in [2.45, 2.75) is 0 Å². The van der Waals surface area contributed by atoms with Gasteiger partial charge in [-0.05, 0) is 47.3 Å². The summed E-state index contributed by atoms with van der Waals surface area (Å²) in [5.74, 6) is -0.232. The SMILES string of the molecule is Fc1ccc(-c2cc3sccc3c(=S)[nH]2)cc1. The summed E-state index contributed by atoms with van der Waals surface area (Å²) in [5, 5.41) is 3.08. The molecule has 1 N–H and O–H groups in total. The average molecular weight is 261 g/mol. The van der Waals surface area contributed by atoms with Crippen LogP contribution in [0.2, 0.25) is 0 Å². The first kappa shape index (κ1) is 10.6. The van der Waals surface area contributed by atoms with Crippen LogP contribution in [0, 0.1) is 10.5 Å². The fourth-order valence-electron chi connectivity index (χ4n) is 1.76. The lowest BCUT2D eigenvalue weighted by Gasteiger charge is -2.02. The van der Waals surface area contributed by atoms with Gasteiger partial charge in [-0.25, -0.2) is 4.39 Å². The Morgan fingerprint density at radius 1 is 1.12 bits per heavy atom. The van der Waals surface area contributed by atoms with E-state index in [-0.39, 0.29) is 5.82 Å². The molecule has 2 aromatic heterocycles. The van der Waals surface area contributed by atoms with E-state index in [0.717, 1.165) is 26.0 Å². The number of hydrogen-bond donors (Lipinski definition) is 1. The van der Waals surface area contributed by atoms with Crippen LogP contribution in [0.1, 0.15) is 0 Å². The molecule has 1 nitrogen and oxygen atoms in total. The van der Waals surface area contributed by atoms with Crippen molar-refractivity contribution in [2.75, 3.05) is 0 Å². The Labute approximate surface area is 107 Å².